The van der Waals surface area contributed by atoms with Gasteiger partial charge in [-0.25, -0.2) is 9.78 Å². The minimum atomic E-state index is -0.897. The molecule has 0 aliphatic rings. The van der Waals surface area contributed by atoms with Gasteiger partial charge in [-0.1, -0.05) is 31.5 Å². The number of unbranched alkanes of at least 4 members (excludes halogenated alkanes) is 1. The van der Waals surface area contributed by atoms with Crippen molar-refractivity contribution in [2.24, 2.45) is 0 Å². The molecular formula is C24H28N2O3S. The maximum Gasteiger partial charge on any atom is 0.332 e. The van der Waals surface area contributed by atoms with Crippen molar-refractivity contribution < 1.29 is 14.6 Å². The zero-order valence-electron chi connectivity index (χ0n) is 17.7. The molecule has 0 amide bonds. The molecule has 0 radical (unpaired) electrons. The fourth-order valence-electron chi connectivity index (χ4n) is 3.45. The second-order valence-electron chi connectivity index (χ2n) is 7.32. The Bertz CT molecular complexity index is 1020. The van der Waals surface area contributed by atoms with Crippen LogP contribution >= 0.6 is 11.3 Å². The van der Waals surface area contributed by atoms with Gasteiger partial charge in [0.1, 0.15) is 11.6 Å². The Morgan fingerprint density at radius 1 is 1.33 bits per heavy atom. The number of hydrogen-bond acceptors (Lipinski definition) is 4. The molecular weight excluding hydrogens is 396 g/mol. The Labute approximate surface area is 181 Å². The first kappa shape index (κ1) is 21.8. The van der Waals surface area contributed by atoms with Crippen molar-refractivity contribution in [1.82, 2.24) is 9.55 Å². The number of methoxy groups -OCH3 is 1. The van der Waals surface area contributed by atoms with Crippen molar-refractivity contribution in [3.63, 3.8) is 0 Å². The minimum absolute atomic E-state index is 0.367. The van der Waals surface area contributed by atoms with Gasteiger partial charge in [0.2, 0.25) is 0 Å². The van der Waals surface area contributed by atoms with Crippen LogP contribution in [0.1, 0.15) is 47.3 Å². The van der Waals surface area contributed by atoms with E-state index in [2.05, 4.69) is 22.5 Å². The van der Waals surface area contributed by atoms with Gasteiger partial charge in [0.25, 0.3) is 0 Å². The highest BCUT2D eigenvalue weighted by molar-refractivity contribution is 7.09. The first-order chi connectivity index (χ1) is 14.5. The first-order valence-electron chi connectivity index (χ1n) is 10.2. The number of thiophene rings is 1. The van der Waals surface area contributed by atoms with Crippen molar-refractivity contribution in [3.8, 4) is 5.75 Å². The van der Waals surface area contributed by atoms with E-state index in [-0.39, 0.29) is 0 Å². The van der Waals surface area contributed by atoms with Crippen molar-refractivity contribution >= 4 is 23.4 Å². The van der Waals surface area contributed by atoms with E-state index in [9.17, 15) is 9.90 Å². The van der Waals surface area contributed by atoms with Gasteiger partial charge in [-0.05, 0) is 48.1 Å². The average molecular weight is 425 g/mol. The third-order valence-electron chi connectivity index (χ3n) is 5.06. The summed E-state index contributed by atoms with van der Waals surface area (Å²) in [5.41, 5.74) is 3.40. The molecule has 0 bridgehead atoms. The Morgan fingerprint density at radius 2 is 2.17 bits per heavy atom. The van der Waals surface area contributed by atoms with E-state index < -0.39 is 5.97 Å². The summed E-state index contributed by atoms with van der Waals surface area (Å²) in [7, 11) is 1.67. The SMILES string of the molecule is CCCCc1ncc(C=C(Cc2cccs2)C(=O)O)n1Cc1ccc(OC)c(C)c1. The first-order valence-corrected chi connectivity index (χ1v) is 11.0. The number of carbonyl (C=O) groups is 1. The van der Waals surface area contributed by atoms with E-state index in [1.54, 1.807) is 30.7 Å². The van der Waals surface area contributed by atoms with Gasteiger partial charge in [-0.2, -0.15) is 0 Å². The molecule has 2 aromatic heterocycles. The largest absolute Gasteiger partial charge is 0.496 e. The highest BCUT2D eigenvalue weighted by Crippen LogP contribution is 2.22. The van der Waals surface area contributed by atoms with Crippen molar-refractivity contribution in [2.45, 2.75) is 46.1 Å². The molecule has 0 aliphatic carbocycles. The Hall–Kier alpha value is -2.86. The maximum atomic E-state index is 11.9. The fraction of sp³-hybridized carbons (Fsp3) is 0.333. The number of carboxylic acids is 1. The number of aliphatic carboxylic acids is 1. The second kappa shape index (κ2) is 10.3. The molecule has 0 unspecified atom stereocenters. The Morgan fingerprint density at radius 3 is 2.80 bits per heavy atom. The number of aromatic nitrogens is 2. The van der Waals surface area contributed by atoms with Crippen LogP contribution in [0, 0.1) is 6.92 Å². The van der Waals surface area contributed by atoms with Gasteiger partial charge in [-0.15, -0.1) is 11.3 Å². The van der Waals surface area contributed by atoms with Gasteiger partial charge in [0.15, 0.2) is 0 Å². The molecule has 3 aromatic rings. The van der Waals surface area contributed by atoms with E-state index in [1.807, 2.05) is 36.6 Å². The Balaban J connectivity index is 1.96. The summed E-state index contributed by atoms with van der Waals surface area (Å²) in [5.74, 6) is 0.948. The lowest BCUT2D eigenvalue weighted by Crippen LogP contribution is -2.09. The number of imidazole rings is 1. The van der Waals surface area contributed by atoms with E-state index >= 15 is 0 Å². The van der Waals surface area contributed by atoms with Gasteiger partial charge >= 0.3 is 5.97 Å². The molecule has 3 rings (SSSR count). The molecule has 1 N–H and O–H groups in total. The highest BCUT2D eigenvalue weighted by atomic mass is 32.1. The number of aryl methyl sites for hydroxylation is 2. The van der Waals surface area contributed by atoms with Crippen LogP contribution in [0.15, 0.2) is 47.5 Å². The third-order valence-corrected chi connectivity index (χ3v) is 5.94. The topological polar surface area (TPSA) is 64.3 Å². The molecule has 0 spiro atoms. The number of hydrogen-bond donors (Lipinski definition) is 1. The zero-order chi connectivity index (χ0) is 21.5. The molecule has 30 heavy (non-hydrogen) atoms. The summed E-state index contributed by atoms with van der Waals surface area (Å²) in [6, 6.07) is 10.0. The maximum absolute atomic E-state index is 11.9. The predicted octanol–water partition coefficient (Wildman–Crippen LogP) is 5.36. The molecule has 6 heteroatoms. The monoisotopic (exact) mass is 424 g/mol. The summed E-state index contributed by atoms with van der Waals surface area (Å²) in [5, 5.41) is 11.7. The van der Waals surface area contributed by atoms with Crippen LogP contribution in [0.3, 0.4) is 0 Å². The van der Waals surface area contributed by atoms with E-state index in [1.165, 1.54) is 0 Å². The van der Waals surface area contributed by atoms with Crippen LogP contribution in [0.2, 0.25) is 0 Å². The van der Waals surface area contributed by atoms with Crippen molar-refractivity contribution in [2.75, 3.05) is 7.11 Å². The summed E-state index contributed by atoms with van der Waals surface area (Å²) >= 11 is 1.57. The fourth-order valence-corrected chi connectivity index (χ4v) is 4.18. The van der Waals surface area contributed by atoms with E-state index in [4.69, 9.17) is 4.74 Å². The summed E-state index contributed by atoms with van der Waals surface area (Å²) < 4.78 is 7.50. The zero-order valence-corrected chi connectivity index (χ0v) is 18.5. The van der Waals surface area contributed by atoms with Crippen LogP contribution in [-0.4, -0.2) is 27.7 Å². The Kier molecular flexibility index (Phi) is 7.46. The summed E-state index contributed by atoms with van der Waals surface area (Å²) in [6.45, 7) is 4.82. The smallest absolute Gasteiger partial charge is 0.332 e. The van der Waals surface area contributed by atoms with Crippen LogP contribution in [-0.2, 0) is 24.2 Å². The minimum Gasteiger partial charge on any atom is -0.496 e. The lowest BCUT2D eigenvalue weighted by atomic mass is 10.1. The molecule has 0 atom stereocenters. The number of ether oxygens (including phenoxy) is 1. The molecule has 1 aromatic carbocycles. The third kappa shape index (κ3) is 5.39. The van der Waals surface area contributed by atoms with Crippen LogP contribution in [0.5, 0.6) is 5.75 Å². The van der Waals surface area contributed by atoms with Gasteiger partial charge in [-0.3, -0.25) is 0 Å². The number of rotatable bonds is 10. The average Bonchev–Trinajstić information content (AvgIpc) is 3.36. The lowest BCUT2D eigenvalue weighted by Gasteiger charge is -2.13. The van der Waals surface area contributed by atoms with Gasteiger partial charge < -0.3 is 14.4 Å². The van der Waals surface area contributed by atoms with Crippen LogP contribution < -0.4 is 4.74 Å². The number of nitrogens with zero attached hydrogens (tertiary/aromatic N) is 2. The molecule has 0 saturated carbocycles. The van der Waals surface area contributed by atoms with Gasteiger partial charge in [0, 0.05) is 29.8 Å². The second-order valence-corrected chi connectivity index (χ2v) is 8.36. The number of benzene rings is 1. The van der Waals surface area contributed by atoms with Crippen molar-refractivity contribution in [3.05, 3.63) is 75.0 Å². The molecule has 158 valence electrons. The lowest BCUT2D eigenvalue weighted by molar-refractivity contribution is -0.132. The van der Waals surface area contributed by atoms with E-state index in [0.717, 1.165) is 52.5 Å². The normalized spacial score (nSPS) is 11.6. The highest BCUT2D eigenvalue weighted by Gasteiger charge is 2.14. The molecule has 0 aliphatic heterocycles. The predicted molar refractivity (Wildman–Crippen MR) is 121 cm³/mol. The molecule has 0 saturated heterocycles. The standard InChI is InChI=1S/C24H28N2O3S/c1-4-5-8-23-25-15-20(13-19(24(27)28)14-21-7-6-11-30-21)26(23)16-18-9-10-22(29-3)17(2)12-18/h6-7,9-13,15H,4-5,8,14,16H2,1-3H3,(H,27,28). The van der Waals surface area contributed by atoms with Crippen molar-refractivity contribution in [1.29, 1.82) is 0 Å². The molecule has 0 fully saturated rings. The summed E-state index contributed by atoms with van der Waals surface area (Å²) in [4.78, 5) is 17.5. The quantitative estimate of drug-likeness (QED) is 0.445. The van der Waals surface area contributed by atoms with Gasteiger partial charge in [0.05, 0.1) is 19.0 Å². The summed E-state index contributed by atoms with van der Waals surface area (Å²) in [6.07, 6.45) is 6.96. The molecule has 2 heterocycles. The van der Waals surface area contributed by atoms with Crippen LogP contribution in [0.4, 0.5) is 0 Å². The number of carboxylic acid groups (broad SMARTS) is 1. The van der Waals surface area contributed by atoms with Crippen LogP contribution in [0.25, 0.3) is 6.08 Å². The van der Waals surface area contributed by atoms with E-state index in [0.29, 0.717) is 18.5 Å². The molecule has 5 nitrogen and oxygen atoms in total.